The lowest BCUT2D eigenvalue weighted by atomic mass is 10.1. The fourth-order valence-corrected chi connectivity index (χ4v) is 1.80. The summed E-state index contributed by atoms with van der Waals surface area (Å²) in [6.07, 6.45) is -4.54. The van der Waals surface area contributed by atoms with Gasteiger partial charge in [-0.3, -0.25) is 4.79 Å². The largest absolute Gasteiger partial charge is 0.417 e. The molecule has 0 aliphatic heterocycles. The molecule has 3 nitrogen and oxygen atoms in total. The second-order valence-electron chi connectivity index (χ2n) is 4.42. The highest BCUT2D eigenvalue weighted by molar-refractivity contribution is 5.96. The Kier molecular flexibility index (Phi) is 4.94. The molecule has 0 spiro atoms. The van der Waals surface area contributed by atoms with Crippen molar-refractivity contribution in [2.24, 2.45) is 5.73 Å². The highest BCUT2D eigenvalue weighted by atomic mass is 19.4. The monoisotopic (exact) mass is 274 g/mol. The second kappa shape index (κ2) is 6.06. The number of carbonyl (C=O) groups is 1. The molecule has 19 heavy (non-hydrogen) atoms. The molecule has 0 bridgehead atoms. The number of carbonyl (C=O) groups excluding carboxylic acids is 1. The Labute approximate surface area is 110 Å². The summed E-state index contributed by atoms with van der Waals surface area (Å²) in [5, 5.41) is 0. The highest BCUT2D eigenvalue weighted by Gasteiger charge is 2.36. The van der Waals surface area contributed by atoms with Gasteiger partial charge in [-0.25, -0.2) is 0 Å². The quantitative estimate of drug-likeness (QED) is 0.917. The van der Waals surface area contributed by atoms with Crippen molar-refractivity contribution in [2.45, 2.75) is 26.1 Å². The number of benzene rings is 1. The van der Waals surface area contributed by atoms with Gasteiger partial charge in [0.1, 0.15) is 0 Å². The van der Waals surface area contributed by atoms with Crippen LogP contribution >= 0.6 is 0 Å². The summed E-state index contributed by atoms with van der Waals surface area (Å²) in [5.74, 6) is -0.645. The SMILES string of the molecule is CC(C)N(CCN)C(=O)c1ccccc1C(F)(F)F. The van der Waals surface area contributed by atoms with Crippen molar-refractivity contribution in [1.29, 1.82) is 0 Å². The van der Waals surface area contributed by atoms with Gasteiger partial charge in [0.25, 0.3) is 5.91 Å². The average Bonchev–Trinajstić information content (AvgIpc) is 2.33. The van der Waals surface area contributed by atoms with E-state index in [4.69, 9.17) is 5.73 Å². The van der Waals surface area contributed by atoms with Gasteiger partial charge in [0.05, 0.1) is 11.1 Å². The van der Waals surface area contributed by atoms with E-state index in [9.17, 15) is 18.0 Å². The Hall–Kier alpha value is -1.56. The van der Waals surface area contributed by atoms with E-state index in [1.165, 1.54) is 23.1 Å². The molecule has 1 amide bonds. The molecule has 0 fully saturated rings. The Balaban J connectivity index is 3.18. The predicted molar refractivity (Wildman–Crippen MR) is 66.7 cm³/mol. The molecule has 0 heterocycles. The standard InChI is InChI=1S/C13H17F3N2O/c1-9(2)18(8-7-17)12(19)10-5-3-4-6-11(10)13(14,15)16/h3-6,9H,7-8,17H2,1-2H3. The summed E-state index contributed by atoms with van der Waals surface area (Å²) < 4.78 is 38.6. The van der Waals surface area contributed by atoms with E-state index in [1.807, 2.05) is 0 Å². The van der Waals surface area contributed by atoms with Crippen LogP contribution in [0.4, 0.5) is 13.2 Å². The van der Waals surface area contributed by atoms with E-state index < -0.39 is 17.6 Å². The number of alkyl halides is 3. The van der Waals surface area contributed by atoms with Crippen molar-refractivity contribution in [3.8, 4) is 0 Å². The van der Waals surface area contributed by atoms with Crippen molar-refractivity contribution in [2.75, 3.05) is 13.1 Å². The summed E-state index contributed by atoms with van der Waals surface area (Å²) in [6.45, 7) is 3.91. The number of nitrogens with two attached hydrogens (primary N) is 1. The van der Waals surface area contributed by atoms with Crippen molar-refractivity contribution in [3.63, 3.8) is 0 Å². The van der Waals surface area contributed by atoms with Crippen LogP contribution in [0.2, 0.25) is 0 Å². The van der Waals surface area contributed by atoms with Gasteiger partial charge in [0, 0.05) is 19.1 Å². The first kappa shape index (κ1) is 15.5. The Morgan fingerprint density at radius 2 is 1.89 bits per heavy atom. The maximum Gasteiger partial charge on any atom is 0.417 e. The first-order valence-electron chi connectivity index (χ1n) is 5.96. The third-order valence-electron chi connectivity index (χ3n) is 2.72. The van der Waals surface area contributed by atoms with Crippen molar-refractivity contribution in [3.05, 3.63) is 35.4 Å². The van der Waals surface area contributed by atoms with Gasteiger partial charge in [-0.2, -0.15) is 13.2 Å². The first-order chi connectivity index (χ1) is 8.79. The highest BCUT2D eigenvalue weighted by Crippen LogP contribution is 2.32. The van der Waals surface area contributed by atoms with E-state index in [2.05, 4.69) is 0 Å². The molecule has 2 N–H and O–H groups in total. The van der Waals surface area contributed by atoms with E-state index >= 15 is 0 Å². The Morgan fingerprint density at radius 1 is 1.32 bits per heavy atom. The number of rotatable bonds is 4. The number of hydrogen-bond acceptors (Lipinski definition) is 2. The summed E-state index contributed by atoms with van der Waals surface area (Å²) in [6, 6.07) is 4.58. The zero-order chi connectivity index (χ0) is 14.6. The average molecular weight is 274 g/mol. The van der Waals surface area contributed by atoms with Gasteiger partial charge < -0.3 is 10.6 Å². The number of nitrogens with zero attached hydrogens (tertiary/aromatic N) is 1. The fourth-order valence-electron chi connectivity index (χ4n) is 1.80. The molecule has 6 heteroatoms. The van der Waals surface area contributed by atoms with Crippen LogP contribution in [-0.2, 0) is 6.18 Å². The van der Waals surface area contributed by atoms with Crippen LogP contribution in [0.25, 0.3) is 0 Å². The molecule has 1 aromatic rings. The molecule has 0 saturated carbocycles. The molecular weight excluding hydrogens is 257 g/mol. The summed E-state index contributed by atoms with van der Waals surface area (Å²) in [4.78, 5) is 13.6. The maximum absolute atomic E-state index is 12.9. The van der Waals surface area contributed by atoms with Gasteiger partial charge in [-0.05, 0) is 26.0 Å². The molecule has 0 aliphatic carbocycles. The molecular formula is C13H17F3N2O. The molecule has 1 rings (SSSR count). The minimum atomic E-state index is -4.54. The number of hydrogen-bond donors (Lipinski definition) is 1. The molecule has 0 aliphatic rings. The summed E-state index contributed by atoms with van der Waals surface area (Å²) >= 11 is 0. The van der Waals surface area contributed by atoms with Gasteiger partial charge in [-0.1, -0.05) is 12.1 Å². The zero-order valence-corrected chi connectivity index (χ0v) is 10.9. The lowest BCUT2D eigenvalue weighted by molar-refractivity contribution is -0.138. The Morgan fingerprint density at radius 3 is 2.37 bits per heavy atom. The van der Waals surface area contributed by atoms with Gasteiger partial charge >= 0.3 is 6.18 Å². The maximum atomic E-state index is 12.9. The molecule has 0 radical (unpaired) electrons. The van der Waals surface area contributed by atoms with Crippen LogP contribution in [0.1, 0.15) is 29.8 Å². The predicted octanol–water partition coefficient (Wildman–Crippen LogP) is 2.51. The van der Waals surface area contributed by atoms with Crippen LogP contribution in [0.3, 0.4) is 0 Å². The third kappa shape index (κ3) is 3.70. The molecule has 0 unspecified atom stereocenters. The van der Waals surface area contributed by atoms with E-state index in [0.717, 1.165) is 6.07 Å². The molecule has 0 aromatic heterocycles. The van der Waals surface area contributed by atoms with Gasteiger partial charge in [0.2, 0.25) is 0 Å². The smallest absolute Gasteiger partial charge is 0.335 e. The molecule has 0 saturated heterocycles. The van der Waals surface area contributed by atoms with Crippen LogP contribution < -0.4 is 5.73 Å². The number of halogens is 3. The zero-order valence-electron chi connectivity index (χ0n) is 10.9. The van der Waals surface area contributed by atoms with Crippen LogP contribution in [0.15, 0.2) is 24.3 Å². The topological polar surface area (TPSA) is 46.3 Å². The summed E-state index contributed by atoms with van der Waals surface area (Å²) in [7, 11) is 0. The lowest BCUT2D eigenvalue weighted by Crippen LogP contribution is -2.41. The van der Waals surface area contributed by atoms with E-state index in [1.54, 1.807) is 13.8 Å². The normalized spacial score (nSPS) is 11.7. The van der Waals surface area contributed by atoms with E-state index in [0.29, 0.717) is 0 Å². The minimum Gasteiger partial charge on any atom is -0.335 e. The first-order valence-corrected chi connectivity index (χ1v) is 5.96. The molecule has 106 valence electrons. The molecule has 0 atom stereocenters. The minimum absolute atomic E-state index is 0.206. The Bertz CT molecular complexity index is 444. The van der Waals surface area contributed by atoms with E-state index in [-0.39, 0.29) is 24.7 Å². The van der Waals surface area contributed by atoms with Gasteiger partial charge in [-0.15, -0.1) is 0 Å². The van der Waals surface area contributed by atoms with Crippen LogP contribution in [-0.4, -0.2) is 29.9 Å². The van der Waals surface area contributed by atoms with Crippen LogP contribution in [0.5, 0.6) is 0 Å². The molecule has 1 aromatic carbocycles. The van der Waals surface area contributed by atoms with Crippen molar-refractivity contribution >= 4 is 5.91 Å². The summed E-state index contributed by atoms with van der Waals surface area (Å²) in [5.41, 5.74) is 4.14. The fraction of sp³-hybridized carbons (Fsp3) is 0.462. The second-order valence-corrected chi connectivity index (χ2v) is 4.42. The van der Waals surface area contributed by atoms with Gasteiger partial charge in [0.15, 0.2) is 0 Å². The van der Waals surface area contributed by atoms with Crippen molar-refractivity contribution < 1.29 is 18.0 Å². The third-order valence-corrected chi connectivity index (χ3v) is 2.72. The van der Waals surface area contributed by atoms with Crippen LogP contribution in [0, 0.1) is 0 Å². The lowest BCUT2D eigenvalue weighted by Gasteiger charge is -2.27. The van der Waals surface area contributed by atoms with Crippen molar-refractivity contribution in [1.82, 2.24) is 4.90 Å². The number of amides is 1.